The summed E-state index contributed by atoms with van der Waals surface area (Å²) in [5.41, 5.74) is 0.966. The molecule has 1 atom stereocenters. The van der Waals surface area contributed by atoms with E-state index < -0.39 is 0 Å². The quantitative estimate of drug-likeness (QED) is 0.841. The second-order valence-corrected chi connectivity index (χ2v) is 5.82. The molecule has 1 unspecified atom stereocenters. The molecule has 1 aliphatic rings. The Labute approximate surface area is 110 Å². The molecule has 4 nitrogen and oxygen atoms in total. The first-order chi connectivity index (χ1) is 8.63. The molecule has 4 heteroatoms. The largest absolute Gasteiger partial charge is 0.360 e. The molecular formula is C14H25N3O. The van der Waals surface area contributed by atoms with Crippen molar-refractivity contribution >= 4 is 0 Å². The summed E-state index contributed by atoms with van der Waals surface area (Å²) in [4.78, 5) is 2.48. The highest BCUT2D eigenvalue weighted by molar-refractivity contribution is 5.03. The number of aromatic nitrogens is 1. The third kappa shape index (κ3) is 4.10. The Balaban J connectivity index is 1.91. The van der Waals surface area contributed by atoms with Crippen LogP contribution in [0.5, 0.6) is 0 Å². The van der Waals surface area contributed by atoms with E-state index in [1.54, 1.807) is 0 Å². The molecule has 2 heterocycles. The van der Waals surface area contributed by atoms with Gasteiger partial charge in [0.1, 0.15) is 0 Å². The van der Waals surface area contributed by atoms with Gasteiger partial charge in [-0.2, -0.15) is 0 Å². The molecule has 0 radical (unpaired) electrons. The molecule has 1 saturated heterocycles. The van der Waals surface area contributed by atoms with Crippen LogP contribution in [0.4, 0.5) is 0 Å². The van der Waals surface area contributed by atoms with E-state index in [0.29, 0.717) is 12.0 Å². The second kappa shape index (κ2) is 6.34. The average molecular weight is 251 g/mol. The zero-order valence-corrected chi connectivity index (χ0v) is 11.8. The SMILES string of the molecule is Cc1cc(CN(CC(C)C)CC2CCCN2)on1. The van der Waals surface area contributed by atoms with Gasteiger partial charge in [0.05, 0.1) is 12.2 Å². The van der Waals surface area contributed by atoms with Gasteiger partial charge >= 0.3 is 0 Å². The van der Waals surface area contributed by atoms with Gasteiger partial charge in [0.15, 0.2) is 5.76 Å². The molecule has 0 saturated carbocycles. The van der Waals surface area contributed by atoms with Crippen molar-refractivity contribution in [2.45, 2.75) is 46.2 Å². The third-order valence-corrected chi connectivity index (χ3v) is 3.32. The minimum Gasteiger partial charge on any atom is -0.360 e. The Hall–Kier alpha value is -0.870. The summed E-state index contributed by atoms with van der Waals surface area (Å²) < 4.78 is 5.33. The maximum atomic E-state index is 5.33. The van der Waals surface area contributed by atoms with E-state index in [2.05, 4.69) is 29.2 Å². The Bertz CT molecular complexity index is 356. The molecule has 1 N–H and O–H groups in total. The number of nitrogens with one attached hydrogen (secondary N) is 1. The van der Waals surface area contributed by atoms with Crippen LogP contribution >= 0.6 is 0 Å². The lowest BCUT2D eigenvalue weighted by atomic mass is 10.1. The molecule has 102 valence electrons. The maximum Gasteiger partial charge on any atom is 0.150 e. The van der Waals surface area contributed by atoms with Crippen LogP contribution in [-0.4, -0.2) is 35.7 Å². The summed E-state index contributed by atoms with van der Waals surface area (Å²) in [5, 5.41) is 7.53. The van der Waals surface area contributed by atoms with Gasteiger partial charge in [-0.3, -0.25) is 4.90 Å². The van der Waals surface area contributed by atoms with E-state index in [1.807, 2.05) is 13.0 Å². The van der Waals surface area contributed by atoms with Crippen LogP contribution in [0.25, 0.3) is 0 Å². The Morgan fingerprint density at radius 2 is 2.39 bits per heavy atom. The zero-order valence-electron chi connectivity index (χ0n) is 11.8. The maximum absolute atomic E-state index is 5.33. The van der Waals surface area contributed by atoms with Gasteiger partial charge in [0.25, 0.3) is 0 Å². The van der Waals surface area contributed by atoms with Crippen LogP contribution in [0, 0.1) is 12.8 Å². The van der Waals surface area contributed by atoms with Gasteiger partial charge in [0.2, 0.25) is 0 Å². The smallest absolute Gasteiger partial charge is 0.150 e. The van der Waals surface area contributed by atoms with Crippen molar-refractivity contribution in [2.24, 2.45) is 5.92 Å². The van der Waals surface area contributed by atoms with Crippen LogP contribution in [0.2, 0.25) is 0 Å². The average Bonchev–Trinajstić information content (AvgIpc) is 2.89. The molecule has 1 aromatic heterocycles. The van der Waals surface area contributed by atoms with E-state index in [1.165, 1.54) is 19.4 Å². The molecule has 0 bridgehead atoms. The van der Waals surface area contributed by atoms with Gasteiger partial charge in [-0.15, -0.1) is 0 Å². The van der Waals surface area contributed by atoms with Gasteiger partial charge in [-0.05, 0) is 32.2 Å². The lowest BCUT2D eigenvalue weighted by molar-refractivity contribution is 0.193. The van der Waals surface area contributed by atoms with Crippen molar-refractivity contribution in [2.75, 3.05) is 19.6 Å². The van der Waals surface area contributed by atoms with Gasteiger partial charge in [-0.25, -0.2) is 0 Å². The first-order valence-electron chi connectivity index (χ1n) is 7.01. The standard InChI is InChI=1S/C14H25N3O/c1-11(2)8-17(9-13-5-4-6-15-13)10-14-7-12(3)16-18-14/h7,11,13,15H,4-6,8-10H2,1-3H3. The van der Waals surface area contributed by atoms with Crippen LogP contribution in [0.15, 0.2) is 10.6 Å². The molecule has 0 spiro atoms. The molecule has 0 aliphatic carbocycles. The van der Waals surface area contributed by atoms with Crippen molar-refractivity contribution in [1.29, 1.82) is 0 Å². The van der Waals surface area contributed by atoms with E-state index >= 15 is 0 Å². The predicted molar refractivity (Wildman–Crippen MR) is 72.4 cm³/mol. The summed E-state index contributed by atoms with van der Waals surface area (Å²) in [6.07, 6.45) is 2.60. The first-order valence-corrected chi connectivity index (χ1v) is 7.01. The fraction of sp³-hybridized carbons (Fsp3) is 0.786. The fourth-order valence-corrected chi connectivity index (χ4v) is 2.66. The molecule has 0 aromatic carbocycles. The molecule has 2 rings (SSSR count). The second-order valence-electron chi connectivity index (χ2n) is 5.82. The van der Waals surface area contributed by atoms with Gasteiger partial charge < -0.3 is 9.84 Å². The summed E-state index contributed by atoms with van der Waals surface area (Å²) in [5.74, 6) is 1.65. The molecule has 1 fully saturated rings. The van der Waals surface area contributed by atoms with Crippen molar-refractivity contribution < 1.29 is 4.52 Å². The normalized spacial score (nSPS) is 20.2. The first kappa shape index (κ1) is 13.6. The molecule has 1 aromatic rings. The van der Waals surface area contributed by atoms with E-state index in [-0.39, 0.29) is 0 Å². The van der Waals surface area contributed by atoms with E-state index in [4.69, 9.17) is 4.52 Å². The minimum atomic E-state index is 0.646. The monoisotopic (exact) mass is 251 g/mol. The lowest BCUT2D eigenvalue weighted by Crippen LogP contribution is -2.38. The van der Waals surface area contributed by atoms with Crippen LogP contribution in [0.1, 0.15) is 38.1 Å². The van der Waals surface area contributed by atoms with E-state index in [0.717, 1.165) is 31.1 Å². The molecule has 1 aliphatic heterocycles. The van der Waals surface area contributed by atoms with E-state index in [9.17, 15) is 0 Å². The highest BCUT2D eigenvalue weighted by atomic mass is 16.5. The summed E-state index contributed by atoms with van der Waals surface area (Å²) in [7, 11) is 0. The highest BCUT2D eigenvalue weighted by Crippen LogP contribution is 2.13. The summed E-state index contributed by atoms with van der Waals surface area (Å²) in [6.45, 7) is 10.8. The van der Waals surface area contributed by atoms with Crippen LogP contribution < -0.4 is 5.32 Å². The fourth-order valence-electron chi connectivity index (χ4n) is 2.66. The van der Waals surface area contributed by atoms with Crippen LogP contribution in [-0.2, 0) is 6.54 Å². The summed E-state index contributed by atoms with van der Waals surface area (Å²) >= 11 is 0. The van der Waals surface area contributed by atoms with Crippen molar-refractivity contribution in [3.8, 4) is 0 Å². The number of nitrogens with zero attached hydrogens (tertiary/aromatic N) is 2. The van der Waals surface area contributed by atoms with Crippen molar-refractivity contribution in [3.05, 3.63) is 17.5 Å². The number of hydrogen-bond acceptors (Lipinski definition) is 4. The number of aryl methyl sites for hydroxylation is 1. The molecular weight excluding hydrogens is 226 g/mol. The van der Waals surface area contributed by atoms with Gasteiger partial charge in [0, 0.05) is 25.2 Å². The number of rotatable bonds is 6. The van der Waals surface area contributed by atoms with Crippen molar-refractivity contribution in [1.82, 2.24) is 15.4 Å². The third-order valence-electron chi connectivity index (χ3n) is 3.32. The van der Waals surface area contributed by atoms with Crippen molar-refractivity contribution in [3.63, 3.8) is 0 Å². The topological polar surface area (TPSA) is 41.3 Å². The Kier molecular flexibility index (Phi) is 4.78. The Morgan fingerprint density at radius 1 is 1.56 bits per heavy atom. The Morgan fingerprint density at radius 3 is 2.94 bits per heavy atom. The predicted octanol–water partition coefficient (Wildman–Crippen LogP) is 2.19. The highest BCUT2D eigenvalue weighted by Gasteiger charge is 2.19. The summed E-state index contributed by atoms with van der Waals surface area (Å²) in [6, 6.07) is 2.68. The number of hydrogen-bond donors (Lipinski definition) is 1. The molecule has 0 amide bonds. The van der Waals surface area contributed by atoms with Crippen LogP contribution in [0.3, 0.4) is 0 Å². The lowest BCUT2D eigenvalue weighted by Gasteiger charge is -2.26. The van der Waals surface area contributed by atoms with Gasteiger partial charge in [-0.1, -0.05) is 19.0 Å². The minimum absolute atomic E-state index is 0.646. The molecule has 18 heavy (non-hydrogen) atoms. The zero-order chi connectivity index (χ0) is 13.0.